The van der Waals surface area contributed by atoms with Crippen molar-refractivity contribution in [3.05, 3.63) is 64.7 Å². The Morgan fingerprint density at radius 2 is 2.08 bits per heavy atom. The fraction of sp³-hybridized carbons (Fsp3) is 0.250. The molecule has 1 aromatic carbocycles. The molecule has 0 aliphatic rings. The highest BCUT2D eigenvalue weighted by Crippen LogP contribution is 2.21. The first kappa shape index (κ1) is 18.1. The van der Waals surface area contributed by atoms with Gasteiger partial charge >= 0.3 is 0 Å². The molecule has 0 radical (unpaired) electrons. The number of thiazole rings is 1. The van der Waals surface area contributed by atoms with Crippen LogP contribution in [0.2, 0.25) is 0 Å². The second kappa shape index (κ2) is 9.10. The van der Waals surface area contributed by atoms with Gasteiger partial charge in [-0.15, -0.1) is 11.3 Å². The second-order valence-electron chi connectivity index (χ2n) is 5.78. The lowest BCUT2D eigenvalue weighted by Gasteiger charge is -2.08. The van der Waals surface area contributed by atoms with Crippen molar-refractivity contribution in [2.75, 3.05) is 13.7 Å². The molecule has 5 nitrogen and oxygen atoms in total. The molecule has 2 aromatic heterocycles. The van der Waals surface area contributed by atoms with Gasteiger partial charge < -0.3 is 10.1 Å². The minimum absolute atomic E-state index is 0.0398. The van der Waals surface area contributed by atoms with E-state index in [-0.39, 0.29) is 5.91 Å². The van der Waals surface area contributed by atoms with E-state index in [4.69, 9.17) is 4.74 Å². The summed E-state index contributed by atoms with van der Waals surface area (Å²) in [6.07, 6.45) is 5.37. The van der Waals surface area contributed by atoms with Crippen molar-refractivity contribution in [1.82, 2.24) is 15.3 Å². The Bertz CT molecular complexity index is 849. The summed E-state index contributed by atoms with van der Waals surface area (Å²) in [5.41, 5.74) is 3.00. The minimum Gasteiger partial charge on any atom is -0.496 e. The summed E-state index contributed by atoms with van der Waals surface area (Å²) in [6, 6.07) is 11.7. The maximum atomic E-state index is 12.1. The van der Waals surface area contributed by atoms with Crippen molar-refractivity contribution in [3.63, 3.8) is 0 Å². The Kier molecular flexibility index (Phi) is 6.33. The third kappa shape index (κ3) is 4.89. The number of rotatable bonds is 8. The van der Waals surface area contributed by atoms with Gasteiger partial charge in [-0.1, -0.05) is 18.2 Å². The van der Waals surface area contributed by atoms with E-state index in [2.05, 4.69) is 15.3 Å². The largest absolute Gasteiger partial charge is 0.496 e. The molecule has 3 rings (SSSR count). The highest BCUT2D eigenvalue weighted by atomic mass is 32.1. The molecule has 0 aliphatic carbocycles. The zero-order chi connectivity index (χ0) is 18.2. The van der Waals surface area contributed by atoms with Crippen molar-refractivity contribution in [2.45, 2.75) is 19.3 Å². The predicted octanol–water partition coefficient (Wildman–Crippen LogP) is 3.51. The molecule has 3 aromatic rings. The van der Waals surface area contributed by atoms with Crippen molar-refractivity contribution in [2.24, 2.45) is 0 Å². The van der Waals surface area contributed by atoms with Gasteiger partial charge in [0.2, 0.25) is 5.91 Å². The Morgan fingerprint density at radius 1 is 1.19 bits per heavy atom. The van der Waals surface area contributed by atoms with Crippen LogP contribution in [0.3, 0.4) is 0 Å². The number of nitrogens with zero attached hydrogens (tertiary/aromatic N) is 2. The first-order chi connectivity index (χ1) is 12.8. The van der Waals surface area contributed by atoms with E-state index in [9.17, 15) is 4.79 Å². The second-order valence-corrected chi connectivity index (χ2v) is 6.72. The van der Waals surface area contributed by atoms with Crippen LogP contribution >= 0.6 is 11.3 Å². The lowest BCUT2D eigenvalue weighted by molar-refractivity contribution is -0.121. The summed E-state index contributed by atoms with van der Waals surface area (Å²) in [4.78, 5) is 20.8. The topological polar surface area (TPSA) is 64.1 Å². The number of pyridine rings is 1. The van der Waals surface area contributed by atoms with Gasteiger partial charge in [-0.05, 0) is 30.2 Å². The van der Waals surface area contributed by atoms with Crippen LogP contribution in [0.15, 0.2) is 54.2 Å². The molecule has 0 spiro atoms. The Labute approximate surface area is 157 Å². The SMILES string of the molecule is COc1ccccc1CCNC(=O)CCc1nc(-c2cccnc2)cs1. The number of nitrogens with one attached hydrogen (secondary N) is 1. The van der Waals surface area contributed by atoms with Crippen LogP contribution in [0.1, 0.15) is 17.0 Å². The number of amides is 1. The first-order valence-electron chi connectivity index (χ1n) is 8.49. The fourth-order valence-corrected chi connectivity index (χ4v) is 3.43. The van der Waals surface area contributed by atoms with Gasteiger partial charge in [-0.3, -0.25) is 9.78 Å². The van der Waals surface area contributed by atoms with Crippen molar-refractivity contribution >= 4 is 17.2 Å². The Morgan fingerprint density at radius 3 is 2.88 bits per heavy atom. The molecule has 0 atom stereocenters. The normalized spacial score (nSPS) is 10.5. The number of benzene rings is 1. The van der Waals surface area contributed by atoms with Crippen LogP contribution in [0.25, 0.3) is 11.3 Å². The zero-order valence-electron chi connectivity index (χ0n) is 14.6. The molecule has 1 amide bonds. The average molecular weight is 367 g/mol. The predicted molar refractivity (Wildman–Crippen MR) is 103 cm³/mol. The third-order valence-corrected chi connectivity index (χ3v) is 4.89. The molecular formula is C20H21N3O2S. The van der Waals surface area contributed by atoms with Gasteiger partial charge in [-0.25, -0.2) is 4.98 Å². The Balaban J connectivity index is 1.44. The first-order valence-corrected chi connectivity index (χ1v) is 9.37. The summed E-state index contributed by atoms with van der Waals surface area (Å²) in [7, 11) is 1.66. The molecule has 134 valence electrons. The number of methoxy groups -OCH3 is 1. The molecule has 0 bridgehead atoms. The van der Waals surface area contributed by atoms with E-state index in [1.54, 1.807) is 30.8 Å². The van der Waals surface area contributed by atoms with Gasteiger partial charge in [0.25, 0.3) is 0 Å². The third-order valence-electron chi connectivity index (χ3n) is 3.98. The molecule has 6 heteroatoms. The number of para-hydroxylation sites is 1. The molecule has 0 saturated carbocycles. The molecule has 2 heterocycles. The molecule has 0 unspecified atom stereocenters. The van der Waals surface area contributed by atoms with E-state index in [0.717, 1.165) is 34.0 Å². The molecule has 1 N–H and O–H groups in total. The number of carbonyl (C=O) groups is 1. The molecular weight excluding hydrogens is 346 g/mol. The fourth-order valence-electron chi connectivity index (χ4n) is 2.63. The number of hydrogen-bond acceptors (Lipinski definition) is 5. The van der Waals surface area contributed by atoms with Gasteiger partial charge in [0.05, 0.1) is 17.8 Å². The maximum absolute atomic E-state index is 12.1. The van der Waals surface area contributed by atoms with Crippen LogP contribution < -0.4 is 10.1 Å². The van der Waals surface area contributed by atoms with Crippen LogP contribution in [-0.2, 0) is 17.6 Å². The quantitative estimate of drug-likeness (QED) is 0.662. The lowest BCUT2D eigenvalue weighted by Crippen LogP contribution is -2.25. The summed E-state index contributed by atoms with van der Waals surface area (Å²) in [5.74, 6) is 0.894. The Hall–Kier alpha value is -2.73. The summed E-state index contributed by atoms with van der Waals surface area (Å²) in [6.45, 7) is 0.595. The van der Waals surface area contributed by atoms with E-state index in [1.165, 1.54) is 0 Å². The zero-order valence-corrected chi connectivity index (χ0v) is 15.5. The van der Waals surface area contributed by atoms with E-state index < -0.39 is 0 Å². The smallest absolute Gasteiger partial charge is 0.220 e. The van der Waals surface area contributed by atoms with Gasteiger partial charge in [-0.2, -0.15) is 0 Å². The number of carbonyl (C=O) groups excluding carboxylic acids is 1. The van der Waals surface area contributed by atoms with E-state index >= 15 is 0 Å². The van der Waals surface area contributed by atoms with Crippen molar-refractivity contribution in [3.8, 4) is 17.0 Å². The summed E-state index contributed by atoms with van der Waals surface area (Å²) < 4.78 is 5.32. The van der Waals surface area contributed by atoms with Crippen LogP contribution in [0.5, 0.6) is 5.75 Å². The highest BCUT2D eigenvalue weighted by Gasteiger charge is 2.08. The van der Waals surface area contributed by atoms with Crippen LogP contribution in [0.4, 0.5) is 0 Å². The molecule has 0 fully saturated rings. The molecule has 0 saturated heterocycles. The van der Waals surface area contributed by atoms with Crippen molar-refractivity contribution in [1.29, 1.82) is 0 Å². The molecule has 26 heavy (non-hydrogen) atoms. The minimum atomic E-state index is 0.0398. The number of aryl methyl sites for hydroxylation is 1. The van der Waals surface area contributed by atoms with Gasteiger partial charge in [0.1, 0.15) is 5.75 Å². The van der Waals surface area contributed by atoms with E-state index in [0.29, 0.717) is 19.4 Å². The summed E-state index contributed by atoms with van der Waals surface area (Å²) >= 11 is 1.58. The standard InChI is InChI=1S/C20H21N3O2S/c1-25-18-7-3-2-5-15(18)10-12-22-19(24)8-9-20-23-17(14-26-20)16-6-4-11-21-13-16/h2-7,11,13-14H,8-10,12H2,1H3,(H,22,24). The summed E-state index contributed by atoms with van der Waals surface area (Å²) in [5, 5.41) is 5.93. The monoisotopic (exact) mass is 367 g/mol. The molecule has 0 aliphatic heterocycles. The number of hydrogen-bond donors (Lipinski definition) is 1. The van der Waals surface area contributed by atoms with Crippen LogP contribution in [-0.4, -0.2) is 29.5 Å². The van der Waals surface area contributed by atoms with Gasteiger partial charge in [0.15, 0.2) is 0 Å². The lowest BCUT2D eigenvalue weighted by atomic mass is 10.1. The van der Waals surface area contributed by atoms with Crippen molar-refractivity contribution < 1.29 is 9.53 Å². The van der Waals surface area contributed by atoms with E-state index in [1.807, 2.05) is 41.8 Å². The highest BCUT2D eigenvalue weighted by molar-refractivity contribution is 7.09. The maximum Gasteiger partial charge on any atom is 0.220 e. The van der Waals surface area contributed by atoms with Crippen LogP contribution in [0, 0.1) is 0 Å². The van der Waals surface area contributed by atoms with Gasteiger partial charge in [0, 0.05) is 42.7 Å². The number of ether oxygens (including phenoxy) is 1. The number of aromatic nitrogens is 2. The average Bonchev–Trinajstić information content (AvgIpc) is 3.16.